The second-order valence-corrected chi connectivity index (χ2v) is 11.2. The lowest BCUT2D eigenvalue weighted by Crippen LogP contribution is -2.49. The van der Waals surface area contributed by atoms with Gasteiger partial charge in [0.2, 0.25) is 11.8 Å². The van der Waals surface area contributed by atoms with Crippen LogP contribution in [0.3, 0.4) is 0 Å². The monoisotopic (exact) mass is 493 g/mol. The van der Waals surface area contributed by atoms with Gasteiger partial charge < -0.3 is 20.1 Å². The van der Waals surface area contributed by atoms with Gasteiger partial charge in [-0.2, -0.15) is 0 Å². The number of pyridine rings is 1. The van der Waals surface area contributed by atoms with Crippen molar-refractivity contribution in [1.82, 2.24) is 15.2 Å². The lowest BCUT2D eigenvalue weighted by molar-refractivity contribution is -0.154. The van der Waals surface area contributed by atoms with Crippen LogP contribution in [0.25, 0.3) is 0 Å². The average molecular weight is 494 g/mol. The first kappa shape index (κ1) is 26.1. The number of aromatic nitrogens is 1. The second-order valence-electron chi connectivity index (χ2n) is 11.2. The van der Waals surface area contributed by atoms with Crippen LogP contribution in [0.1, 0.15) is 70.2 Å². The van der Waals surface area contributed by atoms with Crippen molar-refractivity contribution in [2.75, 3.05) is 7.11 Å². The zero-order valence-electron chi connectivity index (χ0n) is 21.8. The highest BCUT2D eigenvalue weighted by Crippen LogP contribution is 2.49. The van der Waals surface area contributed by atoms with E-state index in [2.05, 4.69) is 31.1 Å². The van der Waals surface area contributed by atoms with Crippen molar-refractivity contribution in [3.05, 3.63) is 59.8 Å². The van der Waals surface area contributed by atoms with Crippen molar-refractivity contribution in [3.63, 3.8) is 0 Å². The summed E-state index contributed by atoms with van der Waals surface area (Å²) in [6, 6.07) is 13.9. The number of hydrogen-bond donors (Lipinski definition) is 2. The summed E-state index contributed by atoms with van der Waals surface area (Å²) in [6.07, 6.45) is 4.83. The van der Waals surface area contributed by atoms with Gasteiger partial charge in [-0.15, -0.1) is 0 Å². The average Bonchev–Trinajstić information content (AvgIpc) is 3.24. The van der Waals surface area contributed by atoms with E-state index in [1.807, 2.05) is 42.5 Å². The van der Waals surface area contributed by atoms with E-state index in [1.54, 1.807) is 18.1 Å². The molecule has 4 atom stereocenters. The number of benzene rings is 1. The van der Waals surface area contributed by atoms with Gasteiger partial charge in [-0.3, -0.25) is 4.79 Å². The molecule has 7 nitrogen and oxygen atoms in total. The molecule has 2 N–H and O–H groups in total. The molecule has 2 aromatic rings. The van der Waals surface area contributed by atoms with Gasteiger partial charge in [0.15, 0.2) is 0 Å². The Balaban J connectivity index is 1.78. The van der Waals surface area contributed by atoms with Crippen LogP contribution in [-0.4, -0.2) is 46.1 Å². The van der Waals surface area contributed by atoms with Gasteiger partial charge in [-0.05, 0) is 29.9 Å². The molecule has 1 aliphatic heterocycles. The first-order valence-electron chi connectivity index (χ1n) is 13.1. The number of carboxylic acid groups (broad SMARTS) is 1. The molecule has 7 heteroatoms. The summed E-state index contributed by atoms with van der Waals surface area (Å²) in [5.74, 6) is -0.854. The van der Waals surface area contributed by atoms with Gasteiger partial charge in [0, 0.05) is 30.5 Å². The van der Waals surface area contributed by atoms with Crippen LogP contribution in [0.2, 0.25) is 0 Å². The maximum absolute atomic E-state index is 14.1. The Morgan fingerprint density at radius 1 is 1.06 bits per heavy atom. The first-order valence-corrected chi connectivity index (χ1v) is 13.1. The number of methoxy groups -OCH3 is 1. The minimum atomic E-state index is -0.941. The van der Waals surface area contributed by atoms with E-state index in [0.29, 0.717) is 12.4 Å². The zero-order chi connectivity index (χ0) is 25.9. The van der Waals surface area contributed by atoms with E-state index in [9.17, 15) is 14.7 Å². The highest BCUT2D eigenvalue weighted by Gasteiger charge is 2.58. The number of carbonyl (C=O) groups is 2. The van der Waals surface area contributed by atoms with E-state index in [4.69, 9.17) is 4.74 Å². The predicted octanol–water partition coefficient (Wildman–Crippen LogP) is 4.83. The molecule has 2 aliphatic rings. The summed E-state index contributed by atoms with van der Waals surface area (Å²) in [6.45, 7) is 6.66. The minimum Gasteiger partial charge on any atom is -0.481 e. The molecule has 0 bridgehead atoms. The highest BCUT2D eigenvalue weighted by atomic mass is 16.5. The molecular formula is C29H39N3O4. The van der Waals surface area contributed by atoms with Crippen LogP contribution < -0.4 is 10.1 Å². The van der Waals surface area contributed by atoms with Gasteiger partial charge in [0.05, 0.1) is 18.8 Å². The number of amides is 1. The number of rotatable bonds is 7. The van der Waals surface area contributed by atoms with Gasteiger partial charge in [-0.25, -0.2) is 9.78 Å². The third kappa shape index (κ3) is 5.41. The molecule has 1 aromatic carbocycles. The molecule has 2 heterocycles. The van der Waals surface area contributed by atoms with Crippen molar-refractivity contribution < 1.29 is 19.4 Å². The van der Waals surface area contributed by atoms with Crippen LogP contribution in [-0.2, 0) is 16.1 Å². The SMILES string of the molecule is COc1cccc(CN[C@@H]2[C@@H](C(C)(C)C)[C@H](C(=O)O)N(C(=O)C3CCCCC3)[C@@H]2c2ccccc2)n1. The highest BCUT2D eigenvalue weighted by molar-refractivity contribution is 5.87. The summed E-state index contributed by atoms with van der Waals surface area (Å²) >= 11 is 0. The maximum atomic E-state index is 14.1. The number of aliphatic carboxylic acids is 1. The van der Waals surface area contributed by atoms with Crippen LogP contribution in [0.5, 0.6) is 5.88 Å². The number of hydrogen-bond acceptors (Lipinski definition) is 5. The molecule has 0 unspecified atom stereocenters. The quantitative estimate of drug-likeness (QED) is 0.574. The Labute approximate surface area is 214 Å². The number of likely N-dealkylation sites (tertiary alicyclic amines) is 1. The molecule has 1 aliphatic carbocycles. The molecule has 1 amide bonds. The maximum Gasteiger partial charge on any atom is 0.326 e. The fourth-order valence-electron chi connectivity index (χ4n) is 6.18. The minimum absolute atomic E-state index is 0.0194. The Hall–Kier alpha value is -2.93. The Kier molecular flexibility index (Phi) is 7.98. The van der Waals surface area contributed by atoms with Crippen molar-refractivity contribution in [2.24, 2.45) is 17.3 Å². The molecule has 2 fully saturated rings. The van der Waals surface area contributed by atoms with Gasteiger partial charge in [-0.1, -0.05) is 76.4 Å². The topological polar surface area (TPSA) is 91.8 Å². The lowest BCUT2D eigenvalue weighted by Gasteiger charge is -2.36. The Morgan fingerprint density at radius 3 is 2.36 bits per heavy atom. The van der Waals surface area contributed by atoms with Crippen molar-refractivity contribution in [3.8, 4) is 5.88 Å². The molecule has 36 heavy (non-hydrogen) atoms. The molecule has 1 saturated carbocycles. The number of ether oxygens (including phenoxy) is 1. The third-order valence-electron chi connectivity index (χ3n) is 7.78. The normalized spacial score (nSPS) is 25.1. The van der Waals surface area contributed by atoms with E-state index >= 15 is 0 Å². The smallest absolute Gasteiger partial charge is 0.326 e. The molecule has 0 radical (unpaired) electrons. The number of carbonyl (C=O) groups excluding carboxylic acids is 1. The second kappa shape index (κ2) is 11.0. The summed E-state index contributed by atoms with van der Waals surface area (Å²) in [5.41, 5.74) is 1.39. The predicted molar refractivity (Wildman–Crippen MR) is 138 cm³/mol. The summed E-state index contributed by atoms with van der Waals surface area (Å²) in [4.78, 5) is 33.2. The van der Waals surface area contributed by atoms with Crippen LogP contribution in [0.4, 0.5) is 0 Å². The standard InChI is InChI=1S/C29H39N3O4/c1-29(2,3)23-24(30-18-21-16-11-17-22(31-21)36-4)25(19-12-7-5-8-13-19)32(26(23)28(34)35)27(33)20-14-9-6-10-15-20/h5,7-8,11-13,16-17,20,23-26,30H,6,9-10,14-15,18H2,1-4H3,(H,34,35)/t23-,24-,25-,26-/m1/s1. The van der Waals surface area contributed by atoms with Gasteiger partial charge in [0.1, 0.15) is 6.04 Å². The van der Waals surface area contributed by atoms with E-state index in [-0.39, 0.29) is 29.2 Å². The summed E-state index contributed by atoms with van der Waals surface area (Å²) in [7, 11) is 1.59. The van der Waals surface area contributed by atoms with E-state index in [0.717, 1.165) is 43.4 Å². The molecule has 0 spiro atoms. The Bertz CT molecular complexity index is 1050. The largest absolute Gasteiger partial charge is 0.481 e. The fourth-order valence-corrected chi connectivity index (χ4v) is 6.18. The summed E-state index contributed by atoms with van der Waals surface area (Å²) in [5, 5.41) is 14.2. The molecule has 194 valence electrons. The van der Waals surface area contributed by atoms with Crippen LogP contribution >= 0.6 is 0 Å². The van der Waals surface area contributed by atoms with Gasteiger partial charge >= 0.3 is 5.97 Å². The first-order chi connectivity index (χ1) is 17.2. The number of carboxylic acids is 1. The van der Waals surface area contributed by atoms with E-state index in [1.165, 1.54) is 0 Å². The van der Waals surface area contributed by atoms with Crippen molar-refractivity contribution >= 4 is 11.9 Å². The molecular weight excluding hydrogens is 454 g/mol. The van der Waals surface area contributed by atoms with Crippen molar-refractivity contribution in [2.45, 2.75) is 77.5 Å². The third-order valence-corrected chi connectivity index (χ3v) is 7.78. The number of nitrogens with zero attached hydrogens (tertiary/aromatic N) is 2. The lowest BCUT2D eigenvalue weighted by atomic mass is 9.72. The molecule has 1 aromatic heterocycles. The Morgan fingerprint density at radius 2 is 1.75 bits per heavy atom. The fraction of sp³-hybridized carbons (Fsp3) is 0.552. The van der Waals surface area contributed by atoms with Crippen molar-refractivity contribution in [1.29, 1.82) is 0 Å². The van der Waals surface area contributed by atoms with Gasteiger partial charge in [0.25, 0.3) is 0 Å². The number of nitrogens with one attached hydrogen (secondary N) is 1. The molecule has 1 saturated heterocycles. The summed E-state index contributed by atoms with van der Waals surface area (Å²) < 4.78 is 5.29. The molecule has 4 rings (SSSR count). The van der Waals surface area contributed by atoms with Crippen LogP contribution in [0.15, 0.2) is 48.5 Å². The van der Waals surface area contributed by atoms with E-state index < -0.39 is 18.1 Å². The zero-order valence-corrected chi connectivity index (χ0v) is 21.8. The van der Waals surface area contributed by atoms with Crippen LogP contribution in [0, 0.1) is 17.3 Å².